The Morgan fingerprint density at radius 2 is 1.73 bits per heavy atom. The van der Waals surface area contributed by atoms with Crippen LogP contribution < -0.4 is 10.6 Å². The number of nitrogens with one attached hydrogen (secondary N) is 2. The standard InChI is InChI=1S/C20H22Cl2N2O2/c1-3-13(2)24-20(26)16-6-4-5-15(11-16)19(25)23-10-9-14-7-8-17(21)12-18(14)22/h4-8,11-13H,3,9-10H2,1-2H3,(H,23,25)(H,24,26). The summed E-state index contributed by atoms with van der Waals surface area (Å²) >= 11 is 12.0. The number of hydrogen-bond acceptors (Lipinski definition) is 2. The summed E-state index contributed by atoms with van der Waals surface area (Å²) in [5.41, 5.74) is 1.83. The number of carbonyl (C=O) groups excluding carboxylic acids is 2. The normalized spacial score (nSPS) is 11.7. The Morgan fingerprint density at radius 3 is 2.38 bits per heavy atom. The van der Waals surface area contributed by atoms with Gasteiger partial charge < -0.3 is 10.6 Å². The zero-order chi connectivity index (χ0) is 19.1. The zero-order valence-corrected chi connectivity index (χ0v) is 16.3. The van der Waals surface area contributed by atoms with E-state index in [0.717, 1.165) is 12.0 Å². The molecule has 6 heteroatoms. The van der Waals surface area contributed by atoms with Crippen LogP contribution in [0.15, 0.2) is 42.5 Å². The molecule has 0 fully saturated rings. The van der Waals surface area contributed by atoms with Crippen LogP contribution in [-0.4, -0.2) is 24.4 Å². The molecule has 2 amide bonds. The lowest BCUT2D eigenvalue weighted by molar-refractivity contribution is 0.0939. The van der Waals surface area contributed by atoms with Crippen molar-refractivity contribution < 1.29 is 9.59 Å². The van der Waals surface area contributed by atoms with Gasteiger partial charge in [-0.3, -0.25) is 9.59 Å². The molecule has 2 rings (SSSR count). The quantitative estimate of drug-likeness (QED) is 0.728. The number of carbonyl (C=O) groups is 2. The highest BCUT2D eigenvalue weighted by molar-refractivity contribution is 6.35. The van der Waals surface area contributed by atoms with Gasteiger partial charge in [0.2, 0.25) is 0 Å². The van der Waals surface area contributed by atoms with Crippen molar-refractivity contribution in [1.29, 1.82) is 0 Å². The van der Waals surface area contributed by atoms with Crippen molar-refractivity contribution in [3.05, 3.63) is 69.2 Å². The molecule has 0 spiro atoms. The molecular formula is C20H22Cl2N2O2. The van der Waals surface area contributed by atoms with Crippen LogP contribution in [0.25, 0.3) is 0 Å². The van der Waals surface area contributed by atoms with Gasteiger partial charge in [-0.15, -0.1) is 0 Å². The first-order valence-corrected chi connectivity index (χ1v) is 9.29. The molecule has 4 nitrogen and oxygen atoms in total. The third-order valence-corrected chi connectivity index (χ3v) is 4.66. The Labute approximate surface area is 163 Å². The fourth-order valence-corrected chi connectivity index (χ4v) is 2.85. The van der Waals surface area contributed by atoms with E-state index in [1.54, 1.807) is 36.4 Å². The van der Waals surface area contributed by atoms with Crippen molar-refractivity contribution in [3.63, 3.8) is 0 Å². The van der Waals surface area contributed by atoms with Gasteiger partial charge in [0.15, 0.2) is 0 Å². The first-order valence-electron chi connectivity index (χ1n) is 8.53. The molecule has 2 aromatic carbocycles. The highest BCUT2D eigenvalue weighted by Gasteiger charge is 2.12. The summed E-state index contributed by atoms with van der Waals surface area (Å²) < 4.78 is 0. The van der Waals surface area contributed by atoms with Crippen LogP contribution in [0.3, 0.4) is 0 Å². The smallest absolute Gasteiger partial charge is 0.251 e. The van der Waals surface area contributed by atoms with Crippen molar-refractivity contribution in [3.8, 4) is 0 Å². The number of hydrogen-bond donors (Lipinski definition) is 2. The molecule has 2 aromatic rings. The maximum absolute atomic E-state index is 12.3. The molecule has 0 saturated carbocycles. The second kappa shape index (κ2) is 9.60. The van der Waals surface area contributed by atoms with Gasteiger partial charge in [0.05, 0.1) is 0 Å². The van der Waals surface area contributed by atoms with Crippen molar-refractivity contribution in [2.24, 2.45) is 0 Å². The molecule has 0 aromatic heterocycles. The largest absolute Gasteiger partial charge is 0.352 e. The summed E-state index contributed by atoms with van der Waals surface area (Å²) in [6, 6.07) is 12.1. The fraction of sp³-hybridized carbons (Fsp3) is 0.300. The summed E-state index contributed by atoms with van der Waals surface area (Å²) in [6.45, 7) is 4.38. The summed E-state index contributed by atoms with van der Waals surface area (Å²) in [7, 11) is 0. The fourth-order valence-electron chi connectivity index (χ4n) is 2.35. The van der Waals surface area contributed by atoms with E-state index in [-0.39, 0.29) is 17.9 Å². The zero-order valence-electron chi connectivity index (χ0n) is 14.8. The van der Waals surface area contributed by atoms with Gasteiger partial charge in [0.25, 0.3) is 11.8 Å². The lowest BCUT2D eigenvalue weighted by Crippen LogP contribution is -2.32. The van der Waals surface area contributed by atoms with Crippen LogP contribution >= 0.6 is 23.2 Å². The highest BCUT2D eigenvalue weighted by atomic mass is 35.5. The Hall–Kier alpha value is -2.04. The van der Waals surface area contributed by atoms with Gasteiger partial charge in [-0.2, -0.15) is 0 Å². The minimum absolute atomic E-state index is 0.0871. The summed E-state index contributed by atoms with van der Waals surface area (Å²) in [4.78, 5) is 24.5. The number of halogens is 2. The van der Waals surface area contributed by atoms with E-state index in [9.17, 15) is 9.59 Å². The molecule has 0 bridgehead atoms. The highest BCUT2D eigenvalue weighted by Crippen LogP contribution is 2.21. The van der Waals surface area contributed by atoms with Gasteiger partial charge >= 0.3 is 0 Å². The van der Waals surface area contributed by atoms with Gasteiger partial charge in [-0.05, 0) is 55.7 Å². The Balaban J connectivity index is 1.95. The molecule has 0 aliphatic heterocycles. The van der Waals surface area contributed by atoms with Crippen LogP contribution in [0, 0.1) is 0 Å². The maximum atomic E-state index is 12.3. The molecule has 138 valence electrons. The van der Waals surface area contributed by atoms with Crippen LogP contribution in [0.2, 0.25) is 10.0 Å². The summed E-state index contributed by atoms with van der Waals surface area (Å²) in [6.07, 6.45) is 1.44. The van der Waals surface area contributed by atoms with Crippen LogP contribution in [0.4, 0.5) is 0 Å². The van der Waals surface area contributed by atoms with Crippen molar-refractivity contribution in [2.75, 3.05) is 6.54 Å². The van der Waals surface area contributed by atoms with Gasteiger partial charge in [-0.1, -0.05) is 42.3 Å². The molecule has 26 heavy (non-hydrogen) atoms. The molecule has 1 unspecified atom stereocenters. The third kappa shape index (κ3) is 5.75. The lowest BCUT2D eigenvalue weighted by Gasteiger charge is -2.12. The second-order valence-electron chi connectivity index (χ2n) is 6.11. The molecule has 1 atom stereocenters. The average Bonchev–Trinajstić information content (AvgIpc) is 2.63. The maximum Gasteiger partial charge on any atom is 0.251 e. The van der Waals surface area contributed by atoms with Gasteiger partial charge in [0.1, 0.15) is 0 Å². The van der Waals surface area contributed by atoms with E-state index in [4.69, 9.17) is 23.2 Å². The molecular weight excluding hydrogens is 371 g/mol. The molecule has 0 radical (unpaired) electrons. The van der Waals surface area contributed by atoms with E-state index in [0.29, 0.717) is 34.1 Å². The summed E-state index contributed by atoms with van der Waals surface area (Å²) in [5, 5.41) is 6.89. The first kappa shape index (κ1) is 20.3. The van der Waals surface area contributed by atoms with Crippen molar-refractivity contribution in [2.45, 2.75) is 32.7 Å². The number of amides is 2. The van der Waals surface area contributed by atoms with E-state index in [1.807, 2.05) is 19.9 Å². The minimum atomic E-state index is -0.228. The molecule has 0 heterocycles. The third-order valence-electron chi connectivity index (χ3n) is 4.07. The van der Waals surface area contributed by atoms with E-state index in [1.165, 1.54) is 0 Å². The topological polar surface area (TPSA) is 58.2 Å². The number of benzene rings is 2. The summed E-state index contributed by atoms with van der Waals surface area (Å²) in [5.74, 6) is -0.407. The van der Waals surface area contributed by atoms with Gasteiger partial charge in [-0.25, -0.2) is 0 Å². The van der Waals surface area contributed by atoms with Crippen molar-refractivity contribution in [1.82, 2.24) is 10.6 Å². The van der Waals surface area contributed by atoms with Crippen LogP contribution in [0.1, 0.15) is 46.5 Å². The molecule has 0 saturated heterocycles. The number of rotatable bonds is 7. The van der Waals surface area contributed by atoms with Crippen molar-refractivity contribution >= 4 is 35.0 Å². The van der Waals surface area contributed by atoms with E-state index >= 15 is 0 Å². The molecule has 0 aliphatic rings. The Morgan fingerprint density at radius 1 is 1.04 bits per heavy atom. The minimum Gasteiger partial charge on any atom is -0.352 e. The second-order valence-corrected chi connectivity index (χ2v) is 6.95. The lowest BCUT2D eigenvalue weighted by atomic mass is 10.1. The average molecular weight is 393 g/mol. The van der Waals surface area contributed by atoms with Crippen LogP contribution in [0.5, 0.6) is 0 Å². The Kier molecular flexibility index (Phi) is 7.49. The van der Waals surface area contributed by atoms with E-state index < -0.39 is 0 Å². The predicted octanol–water partition coefficient (Wildman–Crippen LogP) is 4.49. The Bertz CT molecular complexity index is 793. The SMILES string of the molecule is CCC(C)NC(=O)c1cccc(C(=O)NCCc2ccc(Cl)cc2Cl)c1. The first-order chi connectivity index (χ1) is 12.4. The van der Waals surface area contributed by atoms with E-state index in [2.05, 4.69) is 10.6 Å². The van der Waals surface area contributed by atoms with Gasteiger partial charge in [0, 0.05) is 33.8 Å². The molecule has 0 aliphatic carbocycles. The monoisotopic (exact) mass is 392 g/mol. The van der Waals surface area contributed by atoms with Crippen LogP contribution in [-0.2, 0) is 6.42 Å². The molecule has 2 N–H and O–H groups in total. The predicted molar refractivity (Wildman–Crippen MR) is 106 cm³/mol.